The van der Waals surface area contributed by atoms with Gasteiger partial charge in [-0.1, -0.05) is 0 Å². The van der Waals surface area contributed by atoms with Crippen LogP contribution in [-0.4, -0.2) is 19.3 Å². The number of carbonyl (C=O) groups excluding carboxylic acids is 1. The van der Waals surface area contributed by atoms with Crippen molar-refractivity contribution >= 4 is 31.3 Å². The molecule has 0 saturated carbocycles. The monoisotopic (exact) mass is 310 g/mol. The minimum Gasteiger partial charge on any atom is -0.322 e. The summed E-state index contributed by atoms with van der Waals surface area (Å²) in [4.78, 5) is 15.8. The van der Waals surface area contributed by atoms with Crippen molar-refractivity contribution in [1.29, 1.82) is 0 Å². The summed E-state index contributed by atoms with van der Waals surface area (Å²) in [5.41, 5.74) is 1.54. The number of aryl methyl sites for hydroxylation is 1. The van der Waals surface area contributed by atoms with Gasteiger partial charge in [-0.25, -0.2) is 8.42 Å². The molecule has 2 aromatic rings. The number of rotatable bonds is 3. The summed E-state index contributed by atoms with van der Waals surface area (Å²) >= 11 is 0. The van der Waals surface area contributed by atoms with Crippen LogP contribution >= 0.6 is 10.7 Å². The Morgan fingerprint density at radius 3 is 2.60 bits per heavy atom. The van der Waals surface area contributed by atoms with Crippen molar-refractivity contribution in [3.05, 3.63) is 53.9 Å². The standard InChI is InChI=1S/C13H11ClN2O3S/c1-9-7-11(20(14,18)19)4-5-12(9)16-13(17)10-3-2-6-15-8-10/h2-8H,1H3,(H,16,17). The largest absolute Gasteiger partial charge is 0.322 e. The molecule has 1 amide bonds. The van der Waals surface area contributed by atoms with E-state index in [0.717, 1.165) is 0 Å². The first-order valence-electron chi connectivity index (χ1n) is 5.64. The Morgan fingerprint density at radius 2 is 2.05 bits per heavy atom. The topological polar surface area (TPSA) is 76.1 Å². The number of halogens is 1. The van der Waals surface area contributed by atoms with Gasteiger partial charge in [-0.3, -0.25) is 9.78 Å². The zero-order chi connectivity index (χ0) is 14.8. The van der Waals surface area contributed by atoms with Crippen molar-refractivity contribution in [3.63, 3.8) is 0 Å². The zero-order valence-corrected chi connectivity index (χ0v) is 12.1. The van der Waals surface area contributed by atoms with Crippen LogP contribution < -0.4 is 5.32 Å². The highest BCUT2D eigenvalue weighted by Crippen LogP contribution is 2.22. The fourth-order valence-electron chi connectivity index (χ4n) is 1.62. The molecule has 0 bridgehead atoms. The second-order valence-electron chi connectivity index (χ2n) is 4.11. The molecule has 5 nitrogen and oxygen atoms in total. The predicted octanol–water partition coefficient (Wildman–Crippen LogP) is 2.57. The molecule has 1 heterocycles. The molecule has 1 aromatic carbocycles. The fourth-order valence-corrected chi connectivity index (χ4v) is 2.46. The maximum atomic E-state index is 12.0. The summed E-state index contributed by atoms with van der Waals surface area (Å²) in [6.07, 6.45) is 3.02. The average molecular weight is 311 g/mol. The van der Waals surface area contributed by atoms with Crippen molar-refractivity contribution in [2.45, 2.75) is 11.8 Å². The van der Waals surface area contributed by atoms with Gasteiger partial charge in [0.2, 0.25) is 0 Å². The van der Waals surface area contributed by atoms with Gasteiger partial charge in [-0.2, -0.15) is 0 Å². The van der Waals surface area contributed by atoms with Crippen molar-refractivity contribution < 1.29 is 13.2 Å². The Kier molecular flexibility index (Phi) is 4.06. The van der Waals surface area contributed by atoms with E-state index in [2.05, 4.69) is 10.3 Å². The summed E-state index contributed by atoms with van der Waals surface area (Å²) in [6.45, 7) is 1.68. The van der Waals surface area contributed by atoms with E-state index in [0.29, 0.717) is 16.8 Å². The fraction of sp³-hybridized carbons (Fsp3) is 0.0769. The molecule has 0 aliphatic carbocycles. The number of benzene rings is 1. The molecule has 7 heteroatoms. The minimum absolute atomic E-state index is 0.00366. The van der Waals surface area contributed by atoms with E-state index in [4.69, 9.17) is 10.7 Å². The van der Waals surface area contributed by atoms with Crippen LogP contribution in [0.2, 0.25) is 0 Å². The van der Waals surface area contributed by atoms with Crippen LogP contribution in [0, 0.1) is 6.92 Å². The number of nitrogens with zero attached hydrogens (tertiary/aromatic N) is 1. The van der Waals surface area contributed by atoms with Crippen LogP contribution in [0.3, 0.4) is 0 Å². The van der Waals surface area contributed by atoms with Crippen LogP contribution in [0.1, 0.15) is 15.9 Å². The Hall–Kier alpha value is -1.92. The van der Waals surface area contributed by atoms with E-state index in [-0.39, 0.29) is 10.8 Å². The van der Waals surface area contributed by atoms with E-state index in [1.165, 1.54) is 24.4 Å². The summed E-state index contributed by atoms with van der Waals surface area (Å²) < 4.78 is 22.4. The molecular formula is C13H11ClN2O3S. The van der Waals surface area contributed by atoms with E-state index in [9.17, 15) is 13.2 Å². The molecular weight excluding hydrogens is 300 g/mol. The number of carbonyl (C=O) groups is 1. The first-order valence-corrected chi connectivity index (χ1v) is 7.95. The Balaban J connectivity index is 2.25. The lowest BCUT2D eigenvalue weighted by molar-refractivity contribution is 0.102. The highest BCUT2D eigenvalue weighted by Gasteiger charge is 2.13. The maximum absolute atomic E-state index is 12.0. The summed E-state index contributed by atoms with van der Waals surface area (Å²) in [5.74, 6) is -0.317. The highest BCUT2D eigenvalue weighted by atomic mass is 35.7. The van der Waals surface area contributed by atoms with Crippen molar-refractivity contribution in [2.24, 2.45) is 0 Å². The molecule has 0 spiro atoms. The molecule has 2 rings (SSSR count). The Bertz CT molecular complexity index is 745. The quantitative estimate of drug-likeness (QED) is 0.884. The Morgan fingerprint density at radius 1 is 1.30 bits per heavy atom. The normalized spacial score (nSPS) is 11.1. The van der Waals surface area contributed by atoms with Gasteiger partial charge in [0.05, 0.1) is 10.5 Å². The maximum Gasteiger partial charge on any atom is 0.261 e. The number of aromatic nitrogens is 1. The number of anilines is 1. The summed E-state index contributed by atoms with van der Waals surface area (Å²) in [6, 6.07) is 7.54. The molecule has 0 aliphatic heterocycles. The second kappa shape index (κ2) is 5.60. The Labute approximate surface area is 121 Å². The molecule has 0 saturated heterocycles. The van der Waals surface area contributed by atoms with E-state index in [1.54, 1.807) is 25.3 Å². The van der Waals surface area contributed by atoms with E-state index in [1.807, 2.05) is 0 Å². The van der Waals surface area contributed by atoms with Gasteiger partial charge in [-0.05, 0) is 42.8 Å². The molecule has 1 N–H and O–H groups in total. The summed E-state index contributed by atoms with van der Waals surface area (Å²) in [5, 5.41) is 2.69. The van der Waals surface area contributed by atoms with Gasteiger partial charge in [0.15, 0.2) is 0 Å². The number of hydrogen-bond donors (Lipinski definition) is 1. The number of hydrogen-bond acceptors (Lipinski definition) is 4. The number of nitrogens with one attached hydrogen (secondary N) is 1. The molecule has 0 atom stereocenters. The zero-order valence-electron chi connectivity index (χ0n) is 10.5. The lowest BCUT2D eigenvalue weighted by atomic mass is 10.2. The van der Waals surface area contributed by atoms with E-state index < -0.39 is 9.05 Å². The number of amides is 1. The predicted molar refractivity (Wildman–Crippen MR) is 76.4 cm³/mol. The molecule has 20 heavy (non-hydrogen) atoms. The molecule has 1 aromatic heterocycles. The van der Waals surface area contributed by atoms with Gasteiger partial charge >= 0.3 is 0 Å². The first kappa shape index (κ1) is 14.5. The van der Waals surface area contributed by atoms with Crippen LogP contribution in [-0.2, 0) is 9.05 Å². The van der Waals surface area contributed by atoms with Crippen LogP contribution in [0.25, 0.3) is 0 Å². The van der Waals surface area contributed by atoms with Gasteiger partial charge in [0.1, 0.15) is 0 Å². The molecule has 0 radical (unpaired) electrons. The summed E-state index contributed by atoms with van der Waals surface area (Å²) in [7, 11) is 1.49. The third-order valence-electron chi connectivity index (χ3n) is 2.65. The van der Waals surface area contributed by atoms with Gasteiger partial charge in [0.25, 0.3) is 15.0 Å². The SMILES string of the molecule is Cc1cc(S(=O)(=O)Cl)ccc1NC(=O)c1cccnc1. The first-order chi connectivity index (χ1) is 9.38. The molecule has 0 aliphatic rings. The van der Waals surface area contributed by atoms with Crippen LogP contribution in [0.5, 0.6) is 0 Å². The van der Waals surface area contributed by atoms with Gasteiger partial charge in [0, 0.05) is 28.8 Å². The lowest BCUT2D eigenvalue weighted by Gasteiger charge is -2.09. The third-order valence-corrected chi connectivity index (χ3v) is 4.00. The third kappa shape index (κ3) is 3.34. The van der Waals surface area contributed by atoms with Gasteiger partial charge < -0.3 is 5.32 Å². The highest BCUT2D eigenvalue weighted by molar-refractivity contribution is 8.13. The minimum atomic E-state index is -3.77. The van der Waals surface area contributed by atoms with E-state index >= 15 is 0 Å². The van der Waals surface area contributed by atoms with Crippen LogP contribution in [0.15, 0.2) is 47.6 Å². The average Bonchev–Trinajstić information content (AvgIpc) is 2.41. The molecule has 104 valence electrons. The molecule has 0 fully saturated rings. The van der Waals surface area contributed by atoms with Gasteiger partial charge in [-0.15, -0.1) is 0 Å². The smallest absolute Gasteiger partial charge is 0.261 e. The second-order valence-corrected chi connectivity index (χ2v) is 6.68. The lowest BCUT2D eigenvalue weighted by Crippen LogP contribution is -2.13. The van der Waals surface area contributed by atoms with Crippen LogP contribution in [0.4, 0.5) is 5.69 Å². The van der Waals surface area contributed by atoms with Crippen molar-refractivity contribution in [3.8, 4) is 0 Å². The molecule has 0 unspecified atom stereocenters. The van der Waals surface area contributed by atoms with Crippen molar-refractivity contribution in [2.75, 3.05) is 5.32 Å². The number of pyridine rings is 1. The van der Waals surface area contributed by atoms with Crippen molar-refractivity contribution in [1.82, 2.24) is 4.98 Å².